The Kier molecular flexibility index (Phi) is 3.77. The van der Waals surface area contributed by atoms with Crippen LogP contribution in [0.2, 0.25) is 0 Å². The molecule has 0 unspecified atom stereocenters. The minimum Gasteiger partial charge on any atom is -0.397 e. The molecule has 0 fully saturated rings. The molecule has 0 atom stereocenters. The molecule has 3 nitrogen and oxygen atoms in total. The minimum atomic E-state index is 0.712. The van der Waals surface area contributed by atoms with E-state index in [1.54, 1.807) is 7.11 Å². The summed E-state index contributed by atoms with van der Waals surface area (Å²) in [4.78, 5) is 2.10. The molecule has 1 aromatic carbocycles. The molecule has 2 N–H and O–H groups in total. The Morgan fingerprint density at radius 1 is 1.43 bits per heavy atom. The molecule has 0 radical (unpaired) electrons. The fourth-order valence-electron chi connectivity index (χ4n) is 1.33. The number of rotatable bonds is 4. The first-order valence-corrected chi connectivity index (χ1v) is 4.71. The van der Waals surface area contributed by atoms with E-state index in [1.165, 1.54) is 5.56 Å². The average molecular weight is 194 g/mol. The van der Waals surface area contributed by atoms with Gasteiger partial charge in [-0.15, -0.1) is 0 Å². The predicted molar refractivity (Wildman–Crippen MR) is 60.7 cm³/mol. The summed E-state index contributed by atoms with van der Waals surface area (Å²) in [7, 11) is 3.72. The lowest BCUT2D eigenvalue weighted by atomic mass is 10.2. The van der Waals surface area contributed by atoms with Crippen molar-refractivity contribution >= 4 is 11.4 Å². The number of hydrogen-bond donors (Lipinski definition) is 1. The number of methoxy groups -OCH3 is 1. The molecule has 0 heterocycles. The van der Waals surface area contributed by atoms with Crippen LogP contribution >= 0.6 is 0 Å². The van der Waals surface area contributed by atoms with Crippen molar-refractivity contribution in [3.8, 4) is 0 Å². The highest BCUT2D eigenvalue weighted by Gasteiger charge is 2.04. The van der Waals surface area contributed by atoms with Crippen molar-refractivity contribution in [2.45, 2.75) is 6.92 Å². The molecule has 0 saturated heterocycles. The molecule has 0 aliphatic carbocycles. The maximum atomic E-state index is 5.88. The molecule has 0 amide bonds. The van der Waals surface area contributed by atoms with Crippen LogP contribution in [0.5, 0.6) is 0 Å². The number of benzene rings is 1. The summed E-state index contributed by atoms with van der Waals surface area (Å²) < 4.78 is 5.02. The van der Waals surface area contributed by atoms with E-state index in [4.69, 9.17) is 10.5 Å². The summed E-state index contributed by atoms with van der Waals surface area (Å²) >= 11 is 0. The van der Waals surface area contributed by atoms with Gasteiger partial charge in [0.2, 0.25) is 0 Å². The van der Waals surface area contributed by atoms with Crippen molar-refractivity contribution in [2.24, 2.45) is 0 Å². The van der Waals surface area contributed by atoms with E-state index in [-0.39, 0.29) is 0 Å². The van der Waals surface area contributed by atoms with Crippen molar-refractivity contribution in [2.75, 3.05) is 37.9 Å². The summed E-state index contributed by atoms with van der Waals surface area (Å²) in [5, 5.41) is 0. The molecule has 0 aliphatic heterocycles. The van der Waals surface area contributed by atoms with Crippen LogP contribution in [-0.2, 0) is 4.74 Å². The first kappa shape index (κ1) is 10.9. The van der Waals surface area contributed by atoms with Crippen LogP contribution in [0, 0.1) is 6.92 Å². The van der Waals surface area contributed by atoms with Crippen molar-refractivity contribution < 1.29 is 4.74 Å². The van der Waals surface area contributed by atoms with Crippen molar-refractivity contribution in [3.05, 3.63) is 23.8 Å². The third-order valence-electron chi connectivity index (χ3n) is 2.23. The van der Waals surface area contributed by atoms with Gasteiger partial charge >= 0.3 is 0 Å². The van der Waals surface area contributed by atoms with Crippen LogP contribution in [-0.4, -0.2) is 27.3 Å². The molecule has 0 aromatic heterocycles. The van der Waals surface area contributed by atoms with Crippen molar-refractivity contribution in [1.29, 1.82) is 0 Å². The summed E-state index contributed by atoms with van der Waals surface area (Å²) in [6.45, 7) is 3.63. The van der Waals surface area contributed by atoms with Gasteiger partial charge in [0.05, 0.1) is 18.0 Å². The van der Waals surface area contributed by atoms with Crippen LogP contribution in [0.15, 0.2) is 18.2 Å². The second-order valence-corrected chi connectivity index (χ2v) is 3.48. The van der Waals surface area contributed by atoms with Gasteiger partial charge in [-0.25, -0.2) is 0 Å². The van der Waals surface area contributed by atoms with E-state index in [2.05, 4.69) is 17.9 Å². The van der Waals surface area contributed by atoms with Crippen LogP contribution in [0.3, 0.4) is 0 Å². The fraction of sp³-hybridized carbons (Fsp3) is 0.455. The van der Waals surface area contributed by atoms with Gasteiger partial charge in [-0.1, -0.05) is 6.07 Å². The summed E-state index contributed by atoms with van der Waals surface area (Å²) in [5.41, 5.74) is 8.99. The number of nitrogens with zero attached hydrogens (tertiary/aromatic N) is 1. The summed E-state index contributed by atoms with van der Waals surface area (Å²) in [6.07, 6.45) is 0. The number of aryl methyl sites for hydroxylation is 1. The first-order valence-electron chi connectivity index (χ1n) is 4.71. The maximum absolute atomic E-state index is 5.88. The highest BCUT2D eigenvalue weighted by molar-refractivity contribution is 5.68. The van der Waals surface area contributed by atoms with E-state index < -0.39 is 0 Å². The van der Waals surface area contributed by atoms with Gasteiger partial charge in [-0.05, 0) is 24.6 Å². The zero-order valence-corrected chi connectivity index (χ0v) is 9.08. The lowest BCUT2D eigenvalue weighted by molar-refractivity contribution is 0.206. The number of hydrogen-bond acceptors (Lipinski definition) is 3. The lowest BCUT2D eigenvalue weighted by Gasteiger charge is -2.21. The molecule has 0 spiro atoms. The van der Waals surface area contributed by atoms with Crippen molar-refractivity contribution in [3.63, 3.8) is 0 Å². The normalized spacial score (nSPS) is 10.2. The SMILES string of the molecule is COCCN(C)c1cc(C)ccc1N. The molecule has 0 aliphatic rings. The molecule has 0 saturated carbocycles. The van der Waals surface area contributed by atoms with Crippen LogP contribution < -0.4 is 10.6 Å². The van der Waals surface area contributed by atoms with Gasteiger partial charge < -0.3 is 15.4 Å². The quantitative estimate of drug-likeness (QED) is 0.741. The van der Waals surface area contributed by atoms with Gasteiger partial charge in [0.15, 0.2) is 0 Å². The largest absolute Gasteiger partial charge is 0.397 e. The van der Waals surface area contributed by atoms with Gasteiger partial charge in [-0.3, -0.25) is 0 Å². The number of nitrogen functional groups attached to an aromatic ring is 1. The Labute approximate surface area is 85.5 Å². The lowest BCUT2D eigenvalue weighted by Crippen LogP contribution is -2.23. The van der Waals surface area contributed by atoms with E-state index in [0.29, 0.717) is 6.61 Å². The number of anilines is 2. The molecule has 78 valence electrons. The smallest absolute Gasteiger partial charge is 0.0637 e. The minimum absolute atomic E-state index is 0.712. The van der Waals surface area contributed by atoms with Crippen LogP contribution in [0.25, 0.3) is 0 Å². The summed E-state index contributed by atoms with van der Waals surface area (Å²) in [6, 6.07) is 6.04. The average Bonchev–Trinajstić information content (AvgIpc) is 2.18. The molecule has 1 aromatic rings. The Hall–Kier alpha value is -1.22. The standard InChI is InChI=1S/C11H18N2O/c1-9-4-5-10(12)11(8-9)13(2)6-7-14-3/h4-5,8H,6-7,12H2,1-3H3. The van der Waals surface area contributed by atoms with E-state index in [9.17, 15) is 0 Å². The van der Waals surface area contributed by atoms with E-state index in [1.807, 2.05) is 19.2 Å². The van der Waals surface area contributed by atoms with Gasteiger partial charge in [0, 0.05) is 20.7 Å². The van der Waals surface area contributed by atoms with E-state index >= 15 is 0 Å². The zero-order valence-electron chi connectivity index (χ0n) is 9.08. The molecular formula is C11H18N2O. The number of nitrogens with two attached hydrogens (primary N) is 1. The second kappa shape index (κ2) is 4.86. The van der Waals surface area contributed by atoms with Crippen LogP contribution in [0.1, 0.15) is 5.56 Å². The molecule has 3 heteroatoms. The molecular weight excluding hydrogens is 176 g/mol. The molecule has 1 rings (SSSR count). The molecule has 14 heavy (non-hydrogen) atoms. The third kappa shape index (κ3) is 2.64. The van der Waals surface area contributed by atoms with Crippen LogP contribution in [0.4, 0.5) is 11.4 Å². The van der Waals surface area contributed by atoms with Gasteiger partial charge in [0.1, 0.15) is 0 Å². The van der Waals surface area contributed by atoms with Gasteiger partial charge in [0.25, 0.3) is 0 Å². The van der Waals surface area contributed by atoms with Crippen molar-refractivity contribution in [1.82, 2.24) is 0 Å². The Bertz CT molecular complexity index is 299. The second-order valence-electron chi connectivity index (χ2n) is 3.48. The number of ether oxygens (including phenoxy) is 1. The third-order valence-corrected chi connectivity index (χ3v) is 2.23. The maximum Gasteiger partial charge on any atom is 0.0637 e. The topological polar surface area (TPSA) is 38.5 Å². The monoisotopic (exact) mass is 194 g/mol. The zero-order chi connectivity index (χ0) is 10.6. The Balaban J connectivity index is 2.77. The Morgan fingerprint density at radius 2 is 2.14 bits per heavy atom. The molecule has 0 bridgehead atoms. The van der Waals surface area contributed by atoms with E-state index in [0.717, 1.165) is 17.9 Å². The highest BCUT2D eigenvalue weighted by atomic mass is 16.5. The fourth-order valence-corrected chi connectivity index (χ4v) is 1.33. The Morgan fingerprint density at radius 3 is 2.79 bits per heavy atom. The predicted octanol–water partition coefficient (Wildman–Crippen LogP) is 1.66. The summed E-state index contributed by atoms with van der Waals surface area (Å²) in [5.74, 6) is 0. The highest BCUT2D eigenvalue weighted by Crippen LogP contribution is 2.22. The number of likely N-dealkylation sites (N-methyl/N-ethyl adjacent to an activating group) is 1. The van der Waals surface area contributed by atoms with Gasteiger partial charge in [-0.2, -0.15) is 0 Å². The first-order chi connectivity index (χ1) is 6.65.